The summed E-state index contributed by atoms with van der Waals surface area (Å²) in [6.07, 6.45) is -9.53. The molecule has 0 N–H and O–H groups in total. The second kappa shape index (κ2) is 3.98. The van der Waals surface area contributed by atoms with Gasteiger partial charge >= 0.3 is 12.3 Å². The van der Waals surface area contributed by atoms with E-state index < -0.39 is 43.6 Å². The number of ether oxygens (including phenoxy) is 4. The highest BCUT2D eigenvalue weighted by Crippen LogP contribution is 2.42. The molecule has 0 radical (unpaired) electrons. The van der Waals surface area contributed by atoms with E-state index in [2.05, 4.69) is 18.9 Å². The van der Waals surface area contributed by atoms with Gasteiger partial charge in [-0.3, -0.25) is 0 Å². The first kappa shape index (κ1) is 12.4. The standard InChI is InChI=1S/C8H8F4O5/c9-7(3-16-7)5(8(10,11)12)14-1-4-2-15-6(13)17-4/h4-5H,1-3H2. The second-order valence-corrected chi connectivity index (χ2v) is 3.63. The third-order valence-electron chi connectivity index (χ3n) is 2.21. The molecule has 2 fully saturated rings. The number of rotatable bonds is 4. The normalized spacial score (nSPS) is 34.1. The van der Waals surface area contributed by atoms with Gasteiger partial charge in [0, 0.05) is 0 Å². The van der Waals surface area contributed by atoms with Crippen LogP contribution in [0.2, 0.25) is 0 Å². The van der Waals surface area contributed by atoms with Crippen molar-refractivity contribution in [2.75, 3.05) is 19.8 Å². The molecule has 2 saturated heterocycles. The van der Waals surface area contributed by atoms with Crippen LogP contribution in [0.1, 0.15) is 0 Å². The van der Waals surface area contributed by atoms with Gasteiger partial charge < -0.3 is 18.9 Å². The van der Waals surface area contributed by atoms with Gasteiger partial charge in [0.1, 0.15) is 13.2 Å². The molecule has 3 atom stereocenters. The average Bonchev–Trinajstić information content (AvgIpc) is 2.77. The molecule has 0 spiro atoms. The molecule has 3 unspecified atom stereocenters. The van der Waals surface area contributed by atoms with E-state index in [9.17, 15) is 22.4 Å². The third kappa shape index (κ3) is 2.78. The minimum Gasteiger partial charge on any atom is -0.430 e. The Labute approximate surface area is 92.6 Å². The first-order chi connectivity index (χ1) is 7.81. The van der Waals surface area contributed by atoms with Crippen LogP contribution in [0.25, 0.3) is 0 Å². The summed E-state index contributed by atoms with van der Waals surface area (Å²) in [6, 6.07) is 0. The molecule has 0 aliphatic carbocycles. The SMILES string of the molecule is O=C1OCC(COC(C(F)(F)F)C2(F)CO2)O1. The fourth-order valence-corrected chi connectivity index (χ4v) is 1.33. The third-order valence-corrected chi connectivity index (χ3v) is 2.21. The van der Waals surface area contributed by atoms with E-state index in [-0.39, 0.29) is 6.61 Å². The van der Waals surface area contributed by atoms with Crippen LogP contribution in [0.4, 0.5) is 22.4 Å². The van der Waals surface area contributed by atoms with Gasteiger partial charge in [-0.1, -0.05) is 0 Å². The van der Waals surface area contributed by atoms with Crippen molar-refractivity contribution >= 4 is 6.16 Å². The zero-order valence-electron chi connectivity index (χ0n) is 8.33. The topological polar surface area (TPSA) is 57.3 Å². The Morgan fingerprint density at radius 2 is 2.18 bits per heavy atom. The predicted molar refractivity (Wildman–Crippen MR) is 41.8 cm³/mol. The summed E-state index contributed by atoms with van der Waals surface area (Å²) >= 11 is 0. The van der Waals surface area contributed by atoms with E-state index in [0.29, 0.717) is 0 Å². The van der Waals surface area contributed by atoms with Crippen molar-refractivity contribution in [2.45, 2.75) is 24.2 Å². The van der Waals surface area contributed by atoms with Gasteiger partial charge in [0.05, 0.1) is 6.61 Å². The zero-order chi connectivity index (χ0) is 12.7. The van der Waals surface area contributed by atoms with Crippen LogP contribution >= 0.6 is 0 Å². The number of carbonyl (C=O) groups excluding carboxylic acids is 1. The Kier molecular flexibility index (Phi) is 2.90. The highest BCUT2D eigenvalue weighted by molar-refractivity contribution is 5.61. The molecular formula is C8H8F4O5. The quantitative estimate of drug-likeness (QED) is 0.431. The number of hydrogen-bond acceptors (Lipinski definition) is 5. The van der Waals surface area contributed by atoms with Crippen molar-refractivity contribution in [1.29, 1.82) is 0 Å². The van der Waals surface area contributed by atoms with E-state index in [1.54, 1.807) is 0 Å². The fraction of sp³-hybridized carbons (Fsp3) is 0.875. The molecule has 2 aliphatic heterocycles. The molecule has 2 heterocycles. The molecule has 0 aromatic carbocycles. The summed E-state index contributed by atoms with van der Waals surface area (Å²) in [5.41, 5.74) is 0. The minimum absolute atomic E-state index is 0.219. The maximum atomic E-state index is 13.2. The van der Waals surface area contributed by atoms with E-state index in [1.807, 2.05) is 0 Å². The maximum Gasteiger partial charge on any atom is 0.508 e. The first-order valence-electron chi connectivity index (χ1n) is 4.66. The van der Waals surface area contributed by atoms with E-state index in [1.165, 1.54) is 0 Å². The lowest BCUT2D eigenvalue weighted by molar-refractivity contribution is -0.259. The Balaban J connectivity index is 1.88. The van der Waals surface area contributed by atoms with Gasteiger partial charge in [0.15, 0.2) is 6.10 Å². The number of epoxide rings is 1. The number of hydrogen-bond donors (Lipinski definition) is 0. The number of carbonyl (C=O) groups is 1. The molecule has 0 amide bonds. The molecule has 17 heavy (non-hydrogen) atoms. The Bertz CT molecular complexity index is 308. The van der Waals surface area contributed by atoms with Crippen LogP contribution in [-0.2, 0) is 18.9 Å². The summed E-state index contributed by atoms with van der Waals surface area (Å²) < 4.78 is 67.7. The summed E-state index contributed by atoms with van der Waals surface area (Å²) in [5, 5.41) is 0. The number of cyclic esters (lactones) is 2. The molecule has 2 rings (SSSR count). The smallest absolute Gasteiger partial charge is 0.430 e. The van der Waals surface area contributed by atoms with E-state index in [4.69, 9.17) is 0 Å². The van der Waals surface area contributed by atoms with Gasteiger partial charge in [0.2, 0.25) is 6.10 Å². The highest BCUT2D eigenvalue weighted by atomic mass is 19.4. The molecule has 0 aromatic rings. The lowest BCUT2D eigenvalue weighted by Gasteiger charge is -2.22. The van der Waals surface area contributed by atoms with E-state index >= 15 is 0 Å². The number of alkyl halides is 4. The molecule has 98 valence electrons. The summed E-state index contributed by atoms with van der Waals surface area (Å²) in [6.45, 7) is -1.49. The molecule has 0 aromatic heterocycles. The van der Waals surface area contributed by atoms with Crippen molar-refractivity contribution in [1.82, 2.24) is 0 Å². The summed E-state index contributed by atoms with van der Waals surface area (Å²) in [4.78, 5) is 10.5. The molecule has 5 nitrogen and oxygen atoms in total. The Morgan fingerprint density at radius 3 is 2.59 bits per heavy atom. The highest BCUT2D eigenvalue weighted by Gasteiger charge is 2.65. The van der Waals surface area contributed by atoms with Crippen LogP contribution < -0.4 is 0 Å². The van der Waals surface area contributed by atoms with Gasteiger partial charge in [-0.2, -0.15) is 13.2 Å². The largest absolute Gasteiger partial charge is 0.508 e. The fourth-order valence-electron chi connectivity index (χ4n) is 1.33. The van der Waals surface area contributed by atoms with Crippen LogP contribution in [0.15, 0.2) is 0 Å². The van der Waals surface area contributed by atoms with Crippen LogP contribution in [-0.4, -0.2) is 50.2 Å². The van der Waals surface area contributed by atoms with Crippen LogP contribution in [0, 0.1) is 0 Å². The minimum atomic E-state index is -4.89. The first-order valence-corrected chi connectivity index (χ1v) is 4.66. The van der Waals surface area contributed by atoms with Crippen molar-refractivity contribution in [3.8, 4) is 0 Å². The van der Waals surface area contributed by atoms with Crippen molar-refractivity contribution < 1.29 is 41.3 Å². The zero-order valence-corrected chi connectivity index (χ0v) is 8.33. The molecule has 0 saturated carbocycles. The van der Waals surface area contributed by atoms with Crippen molar-refractivity contribution in [2.24, 2.45) is 0 Å². The Morgan fingerprint density at radius 1 is 1.53 bits per heavy atom. The van der Waals surface area contributed by atoms with Crippen molar-refractivity contribution in [3.63, 3.8) is 0 Å². The van der Waals surface area contributed by atoms with Gasteiger partial charge in [-0.15, -0.1) is 0 Å². The van der Waals surface area contributed by atoms with Gasteiger partial charge in [-0.05, 0) is 0 Å². The van der Waals surface area contributed by atoms with Crippen molar-refractivity contribution in [3.05, 3.63) is 0 Å². The number of halogens is 4. The lowest BCUT2D eigenvalue weighted by atomic mass is 10.2. The van der Waals surface area contributed by atoms with Crippen LogP contribution in [0.5, 0.6) is 0 Å². The monoisotopic (exact) mass is 260 g/mol. The van der Waals surface area contributed by atoms with Gasteiger partial charge in [-0.25, -0.2) is 9.18 Å². The van der Waals surface area contributed by atoms with E-state index in [0.717, 1.165) is 0 Å². The van der Waals surface area contributed by atoms with Crippen LogP contribution in [0.3, 0.4) is 0 Å². The van der Waals surface area contributed by atoms with Gasteiger partial charge in [0.25, 0.3) is 5.85 Å². The molecular weight excluding hydrogens is 252 g/mol. The maximum absolute atomic E-state index is 13.2. The summed E-state index contributed by atoms with van der Waals surface area (Å²) in [7, 11) is 0. The average molecular weight is 260 g/mol. The Hall–Kier alpha value is -1.09. The summed E-state index contributed by atoms with van der Waals surface area (Å²) in [5.74, 6) is -2.83. The predicted octanol–water partition coefficient (Wildman–Crippen LogP) is 1.17. The second-order valence-electron chi connectivity index (χ2n) is 3.63. The molecule has 0 bridgehead atoms. The lowest BCUT2D eigenvalue weighted by Crippen LogP contribution is -2.44. The molecule has 9 heteroatoms. The molecule has 2 aliphatic rings.